The summed E-state index contributed by atoms with van der Waals surface area (Å²) in [5, 5.41) is 3.27. The van der Waals surface area contributed by atoms with Crippen molar-refractivity contribution < 1.29 is 13.9 Å². The minimum absolute atomic E-state index is 0.284. The number of aryl methyl sites for hydroxylation is 1. The average Bonchev–Trinajstić information content (AvgIpc) is 3.49. The van der Waals surface area contributed by atoms with Crippen LogP contribution in [0.2, 0.25) is 0 Å². The number of rotatable bonds is 10. The third-order valence-corrected chi connectivity index (χ3v) is 6.56. The van der Waals surface area contributed by atoms with Crippen molar-refractivity contribution in [1.29, 1.82) is 0 Å². The molecule has 0 fully saturated rings. The van der Waals surface area contributed by atoms with Crippen LogP contribution >= 0.6 is 0 Å². The zero-order chi connectivity index (χ0) is 26.5. The summed E-state index contributed by atoms with van der Waals surface area (Å²) in [6.45, 7) is 4.57. The maximum Gasteiger partial charge on any atom is 0.171 e. The molecule has 0 radical (unpaired) electrons. The molecule has 1 aromatic heterocycles. The summed E-state index contributed by atoms with van der Waals surface area (Å²) >= 11 is 0. The van der Waals surface area contributed by atoms with E-state index in [-0.39, 0.29) is 5.82 Å². The normalized spacial score (nSPS) is 17.3. The van der Waals surface area contributed by atoms with Crippen LogP contribution in [0.3, 0.4) is 0 Å². The number of benzene rings is 2. The highest BCUT2D eigenvalue weighted by atomic mass is 19.1. The number of hydrogen-bond donors (Lipinski definition) is 2. The molecule has 3 heterocycles. The Morgan fingerprint density at radius 2 is 2.00 bits per heavy atom. The number of hydrogen-bond acceptors (Lipinski definition) is 7. The number of nitrogens with two attached hydrogens (primary N) is 1. The summed E-state index contributed by atoms with van der Waals surface area (Å²) in [6, 6.07) is 14.5. The maximum atomic E-state index is 13.7. The van der Waals surface area contributed by atoms with Crippen LogP contribution < -0.4 is 15.8 Å². The first-order valence-electron chi connectivity index (χ1n) is 12.9. The number of para-hydroxylation sites is 1. The summed E-state index contributed by atoms with van der Waals surface area (Å²) in [5.41, 5.74) is 11.6. The van der Waals surface area contributed by atoms with Crippen LogP contribution in [0.4, 0.5) is 4.39 Å². The lowest BCUT2D eigenvalue weighted by molar-refractivity contribution is 0.166. The monoisotopic (exact) mass is 516 g/mol. The van der Waals surface area contributed by atoms with Crippen molar-refractivity contribution in [3.05, 3.63) is 83.7 Å². The van der Waals surface area contributed by atoms with E-state index in [2.05, 4.69) is 32.0 Å². The second-order valence-electron chi connectivity index (χ2n) is 9.16. The second kappa shape index (κ2) is 11.6. The van der Waals surface area contributed by atoms with Crippen molar-refractivity contribution >= 4 is 17.6 Å². The molecule has 3 N–H and O–H groups in total. The molecular weight excluding hydrogens is 483 g/mol. The van der Waals surface area contributed by atoms with Gasteiger partial charge in [-0.25, -0.2) is 9.37 Å². The molecule has 0 saturated heterocycles. The standard InChI is InChI=1S/C29H33FN6O2/c1-3-38-25-7-5-4-6-21(25)18-35(16-17-37-2)19-23-12-13-26-34-27(20-8-10-22(30)11-9-20)28(36(23)26)24-14-15-32-29(31)33-24/h4-11,14-15,19,29,33H,3,12-13,16-18,31H2,1-2H3/b23-19+. The number of nitrogens with zero attached hydrogens (tertiary/aromatic N) is 4. The number of imidazole rings is 1. The summed E-state index contributed by atoms with van der Waals surface area (Å²) in [6.07, 6.45) is 6.87. The van der Waals surface area contributed by atoms with E-state index >= 15 is 0 Å². The van der Waals surface area contributed by atoms with Crippen LogP contribution in [0, 0.1) is 5.82 Å². The van der Waals surface area contributed by atoms with Gasteiger partial charge in [0.15, 0.2) is 6.29 Å². The largest absolute Gasteiger partial charge is 0.494 e. The van der Waals surface area contributed by atoms with Gasteiger partial charge in [-0.3, -0.25) is 15.3 Å². The highest BCUT2D eigenvalue weighted by molar-refractivity contribution is 5.89. The number of nitrogens with one attached hydrogen (secondary N) is 1. The molecule has 2 aliphatic rings. The quantitative estimate of drug-likeness (QED) is 0.419. The van der Waals surface area contributed by atoms with E-state index in [1.54, 1.807) is 25.5 Å². The number of fused-ring (bicyclic) bond motifs is 1. The van der Waals surface area contributed by atoms with Gasteiger partial charge in [-0.15, -0.1) is 0 Å². The summed E-state index contributed by atoms with van der Waals surface area (Å²) in [4.78, 5) is 11.5. The van der Waals surface area contributed by atoms with E-state index in [4.69, 9.17) is 20.2 Å². The zero-order valence-corrected chi connectivity index (χ0v) is 21.7. The smallest absolute Gasteiger partial charge is 0.171 e. The van der Waals surface area contributed by atoms with Crippen molar-refractivity contribution in [2.24, 2.45) is 10.7 Å². The highest BCUT2D eigenvalue weighted by Crippen LogP contribution is 2.37. The fraction of sp³-hybridized carbons (Fsp3) is 0.310. The first kappa shape index (κ1) is 25.7. The molecule has 0 amide bonds. The van der Waals surface area contributed by atoms with Crippen LogP contribution in [0.1, 0.15) is 30.4 Å². The number of aromatic nitrogens is 2. The Kier molecular flexibility index (Phi) is 7.86. The molecule has 198 valence electrons. The molecule has 38 heavy (non-hydrogen) atoms. The van der Waals surface area contributed by atoms with Gasteiger partial charge in [-0.05, 0) is 49.8 Å². The number of allylic oxidation sites excluding steroid dienone is 2. The molecular formula is C29H33FN6O2. The van der Waals surface area contributed by atoms with Gasteiger partial charge in [-0.2, -0.15) is 0 Å². The number of halogens is 1. The number of methoxy groups -OCH3 is 1. The topological polar surface area (TPSA) is 89.9 Å². The average molecular weight is 517 g/mol. The second-order valence-corrected chi connectivity index (χ2v) is 9.16. The van der Waals surface area contributed by atoms with Crippen LogP contribution in [-0.4, -0.2) is 53.8 Å². The zero-order valence-electron chi connectivity index (χ0n) is 21.7. The SMILES string of the molecule is CCOc1ccccc1CN(/C=C1\CCc2nc(-c3ccc(F)cc3)c(C3=CC=NC(N)N3)n21)CCOC. The first-order chi connectivity index (χ1) is 18.6. The Morgan fingerprint density at radius 3 is 2.76 bits per heavy atom. The Morgan fingerprint density at radius 1 is 1.18 bits per heavy atom. The number of ether oxygens (including phenoxy) is 2. The Bertz CT molecular complexity index is 1360. The van der Waals surface area contributed by atoms with Gasteiger partial charge in [0.25, 0.3) is 0 Å². The third kappa shape index (κ3) is 5.49. The van der Waals surface area contributed by atoms with Crippen molar-refractivity contribution in [2.45, 2.75) is 32.6 Å². The lowest BCUT2D eigenvalue weighted by Crippen LogP contribution is -2.36. The molecule has 0 saturated carbocycles. The van der Waals surface area contributed by atoms with Crippen molar-refractivity contribution in [2.75, 3.05) is 26.9 Å². The van der Waals surface area contributed by atoms with E-state index in [1.807, 2.05) is 31.2 Å². The fourth-order valence-corrected chi connectivity index (χ4v) is 4.84. The lowest BCUT2D eigenvalue weighted by Gasteiger charge is -2.24. The van der Waals surface area contributed by atoms with Crippen molar-refractivity contribution in [1.82, 2.24) is 19.8 Å². The molecule has 2 aromatic carbocycles. The molecule has 0 bridgehead atoms. The molecule has 2 aliphatic heterocycles. The Hall–Kier alpha value is -3.95. The van der Waals surface area contributed by atoms with Crippen molar-refractivity contribution in [3.8, 4) is 17.0 Å². The molecule has 3 aromatic rings. The fourth-order valence-electron chi connectivity index (χ4n) is 4.84. The van der Waals surface area contributed by atoms with Gasteiger partial charge in [0.1, 0.15) is 17.4 Å². The summed E-state index contributed by atoms with van der Waals surface area (Å²) in [7, 11) is 1.71. The predicted molar refractivity (Wildman–Crippen MR) is 148 cm³/mol. The molecule has 5 rings (SSSR count). The van der Waals surface area contributed by atoms with E-state index in [0.717, 1.165) is 58.3 Å². The molecule has 8 nitrogen and oxygen atoms in total. The van der Waals surface area contributed by atoms with E-state index in [1.165, 1.54) is 12.1 Å². The van der Waals surface area contributed by atoms with E-state index in [9.17, 15) is 4.39 Å². The summed E-state index contributed by atoms with van der Waals surface area (Å²) < 4.78 is 27.2. The Labute approximate surface area is 222 Å². The highest BCUT2D eigenvalue weighted by Gasteiger charge is 2.29. The minimum atomic E-state index is -0.552. The predicted octanol–water partition coefficient (Wildman–Crippen LogP) is 4.24. The van der Waals surface area contributed by atoms with Gasteiger partial charge in [-0.1, -0.05) is 18.2 Å². The van der Waals surface area contributed by atoms with Gasteiger partial charge >= 0.3 is 0 Å². The molecule has 9 heteroatoms. The third-order valence-electron chi connectivity index (χ3n) is 6.56. The Balaban J connectivity index is 1.57. The first-order valence-corrected chi connectivity index (χ1v) is 12.9. The summed E-state index contributed by atoms with van der Waals surface area (Å²) in [5.74, 6) is 1.55. The van der Waals surface area contributed by atoms with Crippen LogP contribution in [-0.2, 0) is 17.7 Å². The van der Waals surface area contributed by atoms with Gasteiger partial charge in [0, 0.05) is 55.9 Å². The van der Waals surface area contributed by atoms with Crippen molar-refractivity contribution in [3.63, 3.8) is 0 Å². The van der Waals surface area contributed by atoms with E-state index in [0.29, 0.717) is 26.3 Å². The van der Waals surface area contributed by atoms with Crippen LogP contribution in [0.25, 0.3) is 22.7 Å². The molecule has 1 atom stereocenters. The number of aliphatic imine (C=N–C) groups is 1. The van der Waals surface area contributed by atoms with E-state index < -0.39 is 6.29 Å². The molecule has 0 spiro atoms. The van der Waals surface area contributed by atoms with Gasteiger partial charge in [0.2, 0.25) is 0 Å². The van der Waals surface area contributed by atoms with Gasteiger partial charge in [0.05, 0.1) is 30.3 Å². The van der Waals surface area contributed by atoms with Gasteiger partial charge < -0.3 is 19.7 Å². The lowest BCUT2D eigenvalue weighted by atomic mass is 10.1. The van der Waals surface area contributed by atoms with Crippen LogP contribution in [0.5, 0.6) is 5.75 Å². The molecule has 0 aliphatic carbocycles. The van der Waals surface area contributed by atoms with Crippen LogP contribution in [0.15, 0.2) is 65.8 Å². The molecule has 1 unspecified atom stereocenters. The maximum absolute atomic E-state index is 13.7. The minimum Gasteiger partial charge on any atom is -0.494 e.